The molecule has 0 aromatic heterocycles. The summed E-state index contributed by atoms with van der Waals surface area (Å²) in [4.78, 5) is 53.1. The third-order valence-electron chi connectivity index (χ3n) is 9.27. The molecule has 7 atom stereocenters. The van der Waals surface area contributed by atoms with Crippen LogP contribution in [0.1, 0.15) is 79.6 Å². The summed E-state index contributed by atoms with van der Waals surface area (Å²) < 4.78 is 18.1. The normalized spacial score (nSPS) is 31.3. The average Bonchev–Trinajstić information content (AvgIpc) is 3.42. The molecule has 1 saturated heterocycles. The van der Waals surface area contributed by atoms with Gasteiger partial charge in [0.1, 0.15) is 6.61 Å². The molecule has 3 aliphatic rings. The van der Waals surface area contributed by atoms with Crippen LogP contribution in [0.5, 0.6) is 0 Å². The fraction of sp³-hybridized carbons (Fsp3) is 0.774. The number of allylic oxidation sites excluding steroid dienone is 4. The number of alkyl carbamates (subject to hydrolysis) is 1. The Bertz CT molecular complexity index is 1140. The number of Topliss-reactive ketones (excluding diaryl/α,β-unsaturated/α-hetero) is 1. The summed E-state index contributed by atoms with van der Waals surface area (Å²) in [5, 5.41) is 23.5. The zero-order chi connectivity index (χ0) is 33.3. The Morgan fingerprint density at radius 1 is 1.22 bits per heavy atom. The van der Waals surface area contributed by atoms with E-state index in [1.165, 1.54) is 21.6 Å². The minimum Gasteiger partial charge on any atom is -0.441 e. The topological polar surface area (TPSA) is 164 Å². The molecule has 254 valence electrons. The fourth-order valence-corrected chi connectivity index (χ4v) is 8.65. The summed E-state index contributed by atoms with van der Waals surface area (Å²) in [6.07, 6.45) is 6.72. The molecule has 1 saturated carbocycles. The number of hydrogen-bond donors (Lipinski definition) is 2. The van der Waals surface area contributed by atoms with E-state index >= 15 is 0 Å². The van der Waals surface area contributed by atoms with E-state index in [2.05, 4.69) is 17.1 Å². The summed E-state index contributed by atoms with van der Waals surface area (Å²) >= 11 is 0. The Morgan fingerprint density at radius 3 is 2.64 bits per heavy atom. The van der Waals surface area contributed by atoms with Crippen molar-refractivity contribution in [3.05, 3.63) is 33.9 Å². The lowest BCUT2D eigenvalue weighted by molar-refractivity contribution is -0.756. The zero-order valence-electron chi connectivity index (χ0n) is 26.9. The van der Waals surface area contributed by atoms with Crippen LogP contribution in [0.15, 0.2) is 23.8 Å². The molecule has 2 aliphatic carbocycles. The molecular weight excluding hydrogens is 624 g/mol. The highest BCUT2D eigenvalue weighted by atomic mass is 33.1. The van der Waals surface area contributed by atoms with Gasteiger partial charge in [-0.1, -0.05) is 80.7 Å². The molecule has 2 N–H and O–H groups in total. The summed E-state index contributed by atoms with van der Waals surface area (Å²) in [6, 6.07) is 0. The maximum atomic E-state index is 14.1. The van der Waals surface area contributed by atoms with Gasteiger partial charge < -0.3 is 29.5 Å². The van der Waals surface area contributed by atoms with Crippen LogP contribution in [0.3, 0.4) is 0 Å². The second-order valence-electron chi connectivity index (χ2n) is 12.5. The van der Waals surface area contributed by atoms with E-state index in [-0.39, 0.29) is 31.3 Å². The predicted molar refractivity (Wildman–Crippen MR) is 172 cm³/mol. The molecule has 0 bridgehead atoms. The Morgan fingerprint density at radius 2 is 1.96 bits per heavy atom. The lowest BCUT2D eigenvalue weighted by Crippen LogP contribution is -2.58. The first-order valence-electron chi connectivity index (χ1n) is 15.7. The van der Waals surface area contributed by atoms with Crippen molar-refractivity contribution >= 4 is 39.2 Å². The van der Waals surface area contributed by atoms with Crippen LogP contribution in [0.2, 0.25) is 0 Å². The van der Waals surface area contributed by atoms with Gasteiger partial charge >= 0.3 is 6.09 Å². The van der Waals surface area contributed by atoms with E-state index in [4.69, 9.17) is 14.2 Å². The first-order valence-corrected chi connectivity index (χ1v) is 18.2. The summed E-state index contributed by atoms with van der Waals surface area (Å²) in [7, 11) is 2.80. The standard InChI is InChI=1S/C31H48N2O10S2/c1-6-8-22-17-23(34)10-11-29(22,4)18-24(35)19-30(5)21(3)16-26-31(30,43-27(42-26)9-7-2)25(36)20-40-28(37)32-12-14-44-45-15-13-41-33(38)39/h10-11,17,21,24,26-27,35H,6-9,12-16,18-20H2,1-5H3,(H,32,37)/t21?,24-,26-,27?,29-,30+,31-/m1/s1. The number of nitrogens with zero attached hydrogens (tertiary/aromatic N) is 1. The van der Waals surface area contributed by atoms with Gasteiger partial charge in [0, 0.05) is 28.9 Å². The molecular formula is C31H48N2O10S2. The van der Waals surface area contributed by atoms with E-state index in [9.17, 15) is 29.6 Å². The number of rotatable bonds is 19. The van der Waals surface area contributed by atoms with Gasteiger partial charge in [-0.15, -0.1) is 10.1 Å². The number of ketones is 2. The number of fused-ring (bicyclic) bond motifs is 1. The Balaban J connectivity index is 1.66. The number of amides is 1. The van der Waals surface area contributed by atoms with Gasteiger partial charge in [0.15, 0.2) is 24.3 Å². The van der Waals surface area contributed by atoms with Gasteiger partial charge in [-0.05, 0) is 50.2 Å². The third kappa shape index (κ3) is 9.03. The lowest BCUT2D eigenvalue weighted by atomic mass is 9.63. The van der Waals surface area contributed by atoms with Crippen molar-refractivity contribution in [3.8, 4) is 0 Å². The number of aliphatic hydroxyl groups is 1. The van der Waals surface area contributed by atoms with Crippen LogP contribution in [0, 0.1) is 26.9 Å². The first-order chi connectivity index (χ1) is 21.3. The maximum Gasteiger partial charge on any atom is 0.407 e. The van der Waals surface area contributed by atoms with Gasteiger partial charge in [0.25, 0.3) is 5.09 Å². The van der Waals surface area contributed by atoms with Crippen LogP contribution in [-0.2, 0) is 28.6 Å². The van der Waals surface area contributed by atoms with Crippen molar-refractivity contribution < 1.29 is 43.6 Å². The fourth-order valence-electron chi connectivity index (χ4n) is 6.92. The molecule has 0 radical (unpaired) electrons. The van der Waals surface area contributed by atoms with Gasteiger partial charge in [-0.2, -0.15) is 0 Å². The molecule has 1 heterocycles. The van der Waals surface area contributed by atoms with E-state index in [0.29, 0.717) is 30.8 Å². The number of carbonyl (C=O) groups is 3. The number of aliphatic hydroxyl groups excluding tert-OH is 1. The predicted octanol–water partition coefficient (Wildman–Crippen LogP) is 5.21. The van der Waals surface area contributed by atoms with E-state index in [1.807, 2.05) is 33.8 Å². The molecule has 2 fully saturated rings. The lowest BCUT2D eigenvalue weighted by Gasteiger charge is -2.45. The van der Waals surface area contributed by atoms with Crippen LogP contribution < -0.4 is 5.32 Å². The highest BCUT2D eigenvalue weighted by Gasteiger charge is 2.71. The number of hydrogen-bond acceptors (Lipinski definition) is 12. The van der Waals surface area contributed by atoms with Crippen LogP contribution in [0.25, 0.3) is 0 Å². The van der Waals surface area contributed by atoms with Gasteiger partial charge in [0.2, 0.25) is 5.78 Å². The third-order valence-corrected chi connectivity index (χ3v) is 11.6. The molecule has 0 aromatic carbocycles. The van der Waals surface area contributed by atoms with Gasteiger partial charge in [0.05, 0.1) is 12.2 Å². The maximum absolute atomic E-state index is 14.1. The van der Waals surface area contributed by atoms with Gasteiger partial charge in [-0.3, -0.25) is 9.59 Å². The highest BCUT2D eigenvalue weighted by molar-refractivity contribution is 8.76. The van der Waals surface area contributed by atoms with Crippen LogP contribution in [0.4, 0.5) is 4.79 Å². The summed E-state index contributed by atoms with van der Waals surface area (Å²) in [5.74, 6) is 0.475. The molecule has 1 aliphatic heterocycles. The van der Waals surface area contributed by atoms with Crippen LogP contribution in [-0.4, -0.2) is 83.2 Å². The SMILES string of the molecule is CCCC1=CC(=O)C=C[C@]1(C)C[C@@H](O)C[C@@]1(C)C(C)C[C@H]2OC(CCC)O[C@]21C(=O)COC(=O)NCCSSCCO[N+](=O)[O-]. The zero-order valence-corrected chi connectivity index (χ0v) is 28.5. The second kappa shape index (κ2) is 16.6. The number of ether oxygens (including phenoxy) is 3. The molecule has 12 nitrogen and oxygen atoms in total. The molecule has 1 amide bonds. The summed E-state index contributed by atoms with van der Waals surface area (Å²) in [6.45, 7) is 9.87. The second-order valence-corrected chi connectivity index (χ2v) is 15.2. The molecule has 45 heavy (non-hydrogen) atoms. The molecule has 2 unspecified atom stereocenters. The van der Waals surface area contributed by atoms with Crippen LogP contribution >= 0.6 is 21.6 Å². The molecule has 3 rings (SSSR count). The van der Waals surface area contributed by atoms with Crippen molar-refractivity contribution in [2.24, 2.45) is 16.7 Å². The van der Waals surface area contributed by atoms with Crippen molar-refractivity contribution in [2.75, 3.05) is 31.3 Å². The van der Waals surface area contributed by atoms with Crippen molar-refractivity contribution in [3.63, 3.8) is 0 Å². The largest absolute Gasteiger partial charge is 0.441 e. The monoisotopic (exact) mass is 672 g/mol. The molecule has 14 heteroatoms. The highest BCUT2D eigenvalue weighted by Crippen LogP contribution is 2.60. The average molecular weight is 673 g/mol. The quantitative estimate of drug-likeness (QED) is 0.0798. The van der Waals surface area contributed by atoms with Crippen molar-refractivity contribution in [1.29, 1.82) is 0 Å². The van der Waals surface area contributed by atoms with E-state index in [1.54, 1.807) is 12.2 Å². The summed E-state index contributed by atoms with van der Waals surface area (Å²) in [5.41, 5.74) is -1.71. The minimum absolute atomic E-state index is 0.0151. The smallest absolute Gasteiger partial charge is 0.407 e. The van der Waals surface area contributed by atoms with E-state index in [0.717, 1.165) is 24.8 Å². The Hall–Kier alpha value is -2.13. The van der Waals surface area contributed by atoms with Crippen molar-refractivity contribution in [2.45, 2.75) is 104 Å². The number of nitrogens with one attached hydrogen (secondary N) is 1. The van der Waals surface area contributed by atoms with Gasteiger partial charge in [-0.25, -0.2) is 4.79 Å². The Kier molecular flexibility index (Phi) is 13.8. The van der Waals surface area contributed by atoms with Crippen molar-refractivity contribution in [1.82, 2.24) is 5.32 Å². The minimum atomic E-state index is -1.40. The molecule has 0 spiro atoms. The molecule has 0 aromatic rings. The number of carbonyl (C=O) groups excluding carboxylic acids is 3. The first kappa shape index (κ1) is 37.3. The Labute approximate surface area is 273 Å². The van der Waals surface area contributed by atoms with E-state index < -0.39 is 58.5 Å².